The third-order valence-corrected chi connectivity index (χ3v) is 2.59. The first-order valence-corrected chi connectivity index (χ1v) is 6.09. The van der Waals surface area contributed by atoms with Gasteiger partial charge in [-0.15, -0.1) is 0 Å². The van der Waals surface area contributed by atoms with E-state index in [0.717, 1.165) is 18.7 Å². The lowest BCUT2D eigenvalue weighted by Crippen LogP contribution is -2.18. The Hall–Kier alpha value is -1.28. The van der Waals surface area contributed by atoms with Gasteiger partial charge in [0.15, 0.2) is 6.10 Å². The van der Waals surface area contributed by atoms with Gasteiger partial charge >= 0.3 is 0 Å². The molecular weight excluding hydrogens is 252 g/mol. The minimum Gasteiger partial charge on any atom is -0.474 e. The Morgan fingerprint density at radius 1 is 1.50 bits per heavy atom. The summed E-state index contributed by atoms with van der Waals surface area (Å²) in [4.78, 5) is 0. The van der Waals surface area contributed by atoms with Crippen molar-refractivity contribution < 1.29 is 9.47 Å². The molecule has 0 saturated carbocycles. The van der Waals surface area contributed by atoms with Crippen LogP contribution in [-0.2, 0) is 11.3 Å². The molecule has 0 aliphatic heterocycles. The minimum absolute atomic E-state index is 0.506. The smallest absolute Gasteiger partial charge is 0.181 e. The van der Waals surface area contributed by atoms with Crippen LogP contribution < -0.4 is 10.1 Å². The van der Waals surface area contributed by atoms with Crippen LogP contribution >= 0.6 is 11.6 Å². The van der Waals surface area contributed by atoms with Crippen LogP contribution in [-0.4, -0.2) is 26.4 Å². The van der Waals surface area contributed by atoms with Gasteiger partial charge in [0, 0.05) is 20.2 Å². The number of nitriles is 1. The van der Waals surface area contributed by atoms with Gasteiger partial charge in [-0.05, 0) is 24.6 Å². The molecule has 1 N–H and O–H groups in total. The van der Waals surface area contributed by atoms with E-state index in [9.17, 15) is 0 Å². The number of halogens is 1. The van der Waals surface area contributed by atoms with Crippen molar-refractivity contribution in [1.29, 1.82) is 5.26 Å². The van der Waals surface area contributed by atoms with E-state index in [2.05, 4.69) is 5.32 Å². The number of nitrogens with one attached hydrogen (secondary N) is 1. The molecule has 18 heavy (non-hydrogen) atoms. The predicted octanol–water partition coefficient (Wildman–Crippen LogP) is 2.37. The van der Waals surface area contributed by atoms with Gasteiger partial charge in [-0.3, -0.25) is 0 Å². The Labute approximate surface area is 112 Å². The second kappa shape index (κ2) is 7.93. The summed E-state index contributed by atoms with van der Waals surface area (Å²) in [6.45, 7) is 3.86. The largest absolute Gasteiger partial charge is 0.474 e. The molecule has 5 heteroatoms. The van der Waals surface area contributed by atoms with Crippen LogP contribution in [0.25, 0.3) is 0 Å². The predicted molar refractivity (Wildman–Crippen MR) is 70.7 cm³/mol. The maximum Gasteiger partial charge on any atom is 0.181 e. The molecule has 0 spiro atoms. The van der Waals surface area contributed by atoms with Crippen molar-refractivity contribution in [1.82, 2.24) is 5.32 Å². The second-order valence-corrected chi connectivity index (χ2v) is 4.23. The first-order chi connectivity index (χ1) is 8.67. The highest BCUT2D eigenvalue weighted by Crippen LogP contribution is 2.26. The first-order valence-electron chi connectivity index (χ1n) is 5.71. The summed E-state index contributed by atoms with van der Waals surface area (Å²) in [6, 6.07) is 7.53. The van der Waals surface area contributed by atoms with E-state index >= 15 is 0 Å². The van der Waals surface area contributed by atoms with Gasteiger partial charge < -0.3 is 14.8 Å². The molecule has 0 bridgehead atoms. The van der Waals surface area contributed by atoms with Crippen molar-refractivity contribution in [3.63, 3.8) is 0 Å². The van der Waals surface area contributed by atoms with Crippen molar-refractivity contribution >= 4 is 11.6 Å². The van der Waals surface area contributed by atoms with E-state index < -0.39 is 6.10 Å². The number of rotatable bonds is 7. The Balaban J connectivity index is 2.54. The quantitative estimate of drug-likeness (QED) is 0.772. The molecule has 0 aliphatic rings. The first kappa shape index (κ1) is 14.8. The van der Waals surface area contributed by atoms with Gasteiger partial charge in [0.1, 0.15) is 11.8 Å². The lowest BCUT2D eigenvalue weighted by molar-refractivity contribution is 0.199. The molecule has 1 atom stereocenters. The van der Waals surface area contributed by atoms with Crippen LogP contribution in [0.3, 0.4) is 0 Å². The van der Waals surface area contributed by atoms with E-state index in [0.29, 0.717) is 17.4 Å². The fourth-order valence-electron chi connectivity index (χ4n) is 1.37. The summed E-state index contributed by atoms with van der Waals surface area (Å²) in [6.07, 6.45) is -0.506. The van der Waals surface area contributed by atoms with Crippen molar-refractivity contribution in [3.8, 4) is 11.8 Å². The van der Waals surface area contributed by atoms with Gasteiger partial charge in [-0.25, -0.2) is 0 Å². The molecule has 1 aromatic rings. The second-order valence-electron chi connectivity index (χ2n) is 3.82. The molecule has 1 unspecified atom stereocenters. The molecule has 0 radical (unpaired) electrons. The summed E-state index contributed by atoms with van der Waals surface area (Å²) < 4.78 is 10.3. The minimum atomic E-state index is -0.506. The molecule has 1 rings (SSSR count). The number of nitrogens with zero attached hydrogens (tertiary/aromatic N) is 1. The summed E-state index contributed by atoms with van der Waals surface area (Å²) in [5.74, 6) is 0.534. The molecule has 98 valence electrons. The number of benzene rings is 1. The fraction of sp³-hybridized carbons (Fsp3) is 0.462. The van der Waals surface area contributed by atoms with Crippen molar-refractivity contribution in [2.24, 2.45) is 0 Å². The SMILES string of the molecule is COCCNCc1ccc(OC(C)C#N)c(Cl)c1. The van der Waals surface area contributed by atoms with Crippen LogP contribution in [0.1, 0.15) is 12.5 Å². The number of hydrogen-bond acceptors (Lipinski definition) is 4. The van der Waals surface area contributed by atoms with E-state index in [-0.39, 0.29) is 0 Å². The molecule has 0 fully saturated rings. The Morgan fingerprint density at radius 3 is 2.89 bits per heavy atom. The van der Waals surface area contributed by atoms with Gasteiger partial charge in [0.05, 0.1) is 11.6 Å². The standard InChI is InChI=1S/C13H17ClN2O2/c1-10(8-15)18-13-4-3-11(7-12(13)14)9-16-5-6-17-2/h3-4,7,10,16H,5-6,9H2,1-2H3. The molecule has 0 aromatic heterocycles. The maximum absolute atomic E-state index is 8.67. The van der Waals surface area contributed by atoms with Crippen molar-refractivity contribution in [3.05, 3.63) is 28.8 Å². The molecular formula is C13H17ClN2O2. The molecule has 0 heterocycles. The highest BCUT2D eigenvalue weighted by molar-refractivity contribution is 6.32. The summed E-state index contributed by atoms with van der Waals surface area (Å²) >= 11 is 6.08. The molecule has 1 aromatic carbocycles. The topological polar surface area (TPSA) is 54.3 Å². The number of hydrogen-bond donors (Lipinski definition) is 1. The van der Waals surface area contributed by atoms with Crippen LogP contribution in [0.4, 0.5) is 0 Å². The average Bonchev–Trinajstić information content (AvgIpc) is 2.37. The van der Waals surface area contributed by atoms with Crippen LogP contribution in [0.15, 0.2) is 18.2 Å². The molecule has 0 aliphatic carbocycles. The fourth-order valence-corrected chi connectivity index (χ4v) is 1.62. The Morgan fingerprint density at radius 2 is 2.28 bits per heavy atom. The summed E-state index contributed by atoms with van der Waals surface area (Å²) in [5, 5.41) is 12.4. The zero-order chi connectivity index (χ0) is 13.4. The Bertz CT molecular complexity index is 418. The monoisotopic (exact) mass is 268 g/mol. The highest BCUT2D eigenvalue weighted by atomic mass is 35.5. The lowest BCUT2D eigenvalue weighted by atomic mass is 10.2. The molecule has 0 amide bonds. The normalized spacial score (nSPS) is 11.9. The third-order valence-electron chi connectivity index (χ3n) is 2.29. The van der Waals surface area contributed by atoms with Crippen LogP contribution in [0.5, 0.6) is 5.75 Å². The average molecular weight is 269 g/mol. The summed E-state index contributed by atoms with van der Waals surface area (Å²) in [5.41, 5.74) is 1.06. The summed E-state index contributed by atoms with van der Waals surface area (Å²) in [7, 11) is 1.67. The van der Waals surface area contributed by atoms with Crippen molar-refractivity contribution in [2.45, 2.75) is 19.6 Å². The zero-order valence-corrected chi connectivity index (χ0v) is 11.3. The number of ether oxygens (including phenoxy) is 2. The zero-order valence-electron chi connectivity index (χ0n) is 10.6. The molecule has 4 nitrogen and oxygen atoms in total. The van der Waals surface area contributed by atoms with Crippen molar-refractivity contribution in [2.75, 3.05) is 20.3 Å². The maximum atomic E-state index is 8.67. The van der Waals surface area contributed by atoms with Gasteiger partial charge in [0.25, 0.3) is 0 Å². The lowest BCUT2D eigenvalue weighted by Gasteiger charge is -2.11. The van der Waals surface area contributed by atoms with Gasteiger partial charge in [-0.2, -0.15) is 5.26 Å². The van der Waals surface area contributed by atoms with E-state index in [1.807, 2.05) is 18.2 Å². The van der Waals surface area contributed by atoms with E-state index in [1.54, 1.807) is 20.1 Å². The third kappa shape index (κ3) is 4.92. The highest BCUT2D eigenvalue weighted by Gasteiger charge is 2.06. The van der Waals surface area contributed by atoms with Crippen LogP contribution in [0.2, 0.25) is 5.02 Å². The Kier molecular flexibility index (Phi) is 6.51. The number of methoxy groups -OCH3 is 1. The molecule has 0 saturated heterocycles. The van der Waals surface area contributed by atoms with Gasteiger partial charge in [0.2, 0.25) is 0 Å². The van der Waals surface area contributed by atoms with E-state index in [1.165, 1.54) is 0 Å². The van der Waals surface area contributed by atoms with Gasteiger partial charge in [-0.1, -0.05) is 17.7 Å². The van der Waals surface area contributed by atoms with E-state index in [4.69, 9.17) is 26.3 Å². The van der Waals surface area contributed by atoms with Crippen LogP contribution in [0, 0.1) is 11.3 Å².